The van der Waals surface area contributed by atoms with E-state index in [0.717, 1.165) is 18.7 Å². The minimum Gasteiger partial charge on any atom is -0.353 e. The van der Waals surface area contributed by atoms with Crippen LogP contribution < -0.4 is 4.90 Å². The SMILES string of the molecule is CCCCN(C)S(=O)(=O)N1CCN(c2cnccn2)CC1. The Hall–Kier alpha value is -1.25. The molecule has 7 nitrogen and oxygen atoms in total. The van der Waals surface area contributed by atoms with Crippen LogP contribution in [0.5, 0.6) is 0 Å². The highest BCUT2D eigenvalue weighted by atomic mass is 32.2. The topological polar surface area (TPSA) is 69.6 Å². The Kier molecular flexibility index (Phi) is 5.49. The third kappa shape index (κ3) is 3.90. The molecule has 0 spiro atoms. The predicted molar refractivity (Wildman–Crippen MR) is 82.3 cm³/mol. The number of hydrogen-bond acceptors (Lipinski definition) is 5. The van der Waals surface area contributed by atoms with Gasteiger partial charge in [-0.05, 0) is 6.42 Å². The smallest absolute Gasteiger partial charge is 0.281 e. The van der Waals surface area contributed by atoms with Crippen molar-refractivity contribution in [3.63, 3.8) is 0 Å². The standard InChI is InChI=1S/C13H23N5O2S/c1-3-4-7-16(2)21(19,20)18-10-8-17(9-11-18)13-12-14-5-6-15-13/h5-6,12H,3-4,7-11H2,1-2H3. The highest BCUT2D eigenvalue weighted by Gasteiger charge is 2.30. The van der Waals surface area contributed by atoms with E-state index in [4.69, 9.17) is 0 Å². The molecule has 0 bridgehead atoms. The molecule has 1 saturated heterocycles. The van der Waals surface area contributed by atoms with E-state index in [-0.39, 0.29) is 0 Å². The molecule has 8 heteroatoms. The van der Waals surface area contributed by atoms with Gasteiger partial charge in [0, 0.05) is 52.2 Å². The minimum atomic E-state index is -3.34. The van der Waals surface area contributed by atoms with Crippen molar-refractivity contribution < 1.29 is 8.42 Å². The number of anilines is 1. The summed E-state index contributed by atoms with van der Waals surface area (Å²) >= 11 is 0. The molecule has 1 fully saturated rings. The molecule has 0 atom stereocenters. The number of unbranched alkanes of at least 4 members (excludes halogenated alkanes) is 1. The number of aromatic nitrogens is 2. The van der Waals surface area contributed by atoms with Gasteiger partial charge in [0.2, 0.25) is 0 Å². The Morgan fingerprint density at radius 1 is 1.24 bits per heavy atom. The summed E-state index contributed by atoms with van der Waals surface area (Å²) in [5, 5.41) is 0. The lowest BCUT2D eigenvalue weighted by Crippen LogP contribution is -2.52. The molecule has 0 radical (unpaired) electrons. The van der Waals surface area contributed by atoms with Gasteiger partial charge in [-0.3, -0.25) is 4.98 Å². The Labute approximate surface area is 126 Å². The normalized spacial score (nSPS) is 17.4. The average molecular weight is 313 g/mol. The molecule has 2 heterocycles. The highest BCUT2D eigenvalue weighted by Crippen LogP contribution is 2.15. The number of piperazine rings is 1. The third-order valence-electron chi connectivity index (χ3n) is 3.66. The van der Waals surface area contributed by atoms with Gasteiger partial charge < -0.3 is 4.90 Å². The number of rotatable bonds is 6. The van der Waals surface area contributed by atoms with Crippen LogP contribution in [0.3, 0.4) is 0 Å². The van der Waals surface area contributed by atoms with Crippen LogP contribution in [-0.4, -0.2) is 66.8 Å². The second kappa shape index (κ2) is 7.15. The van der Waals surface area contributed by atoms with Gasteiger partial charge in [0.05, 0.1) is 6.20 Å². The largest absolute Gasteiger partial charge is 0.353 e. The van der Waals surface area contributed by atoms with Crippen LogP contribution in [-0.2, 0) is 10.2 Å². The van der Waals surface area contributed by atoms with E-state index in [2.05, 4.69) is 21.8 Å². The van der Waals surface area contributed by atoms with Crippen molar-refractivity contribution in [2.75, 3.05) is 44.7 Å². The van der Waals surface area contributed by atoms with Crippen molar-refractivity contribution >= 4 is 16.0 Å². The first-order valence-corrected chi connectivity index (χ1v) is 8.67. The van der Waals surface area contributed by atoms with Crippen molar-refractivity contribution in [3.8, 4) is 0 Å². The average Bonchev–Trinajstić information content (AvgIpc) is 2.53. The van der Waals surface area contributed by atoms with Gasteiger partial charge in [0.15, 0.2) is 0 Å². The maximum Gasteiger partial charge on any atom is 0.281 e. The van der Waals surface area contributed by atoms with E-state index < -0.39 is 10.2 Å². The molecular formula is C13H23N5O2S. The first kappa shape index (κ1) is 16.1. The zero-order valence-electron chi connectivity index (χ0n) is 12.6. The Bertz CT molecular complexity index is 529. The third-order valence-corrected chi connectivity index (χ3v) is 5.65. The lowest BCUT2D eigenvalue weighted by atomic mass is 10.3. The summed E-state index contributed by atoms with van der Waals surface area (Å²) in [6, 6.07) is 0. The zero-order chi connectivity index (χ0) is 15.3. The molecule has 0 aliphatic carbocycles. The van der Waals surface area contributed by atoms with E-state index in [1.165, 1.54) is 4.31 Å². The Morgan fingerprint density at radius 3 is 2.52 bits per heavy atom. The lowest BCUT2D eigenvalue weighted by Gasteiger charge is -2.36. The van der Waals surface area contributed by atoms with E-state index in [1.54, 1.807) is 29.9 Å². The summed E-state index contributed by atoms with van der Waals surface area (Å²) in [5.74, 6) is 0.800. The highest BCUT2D eigenvalue weighted by molar-refractivity contribution is 7.86. The van der Waals surface area contributed by atoms with Gasteiger partial charge in [0.25, 0.3) is 10.2 Å². The zero-order valence-corrected chi connectivity index (χ0v) is 13.5. The van der Waals surface area contributed by atoms with Crippen molar-refractivity contribution in [2.45, 2.75) is 19.8 Å². The fourth-order valence-electron chi connectivity index (χ4n) is 2.30. The molecule has 0 unspecified atom stereocenters. The second-order valence-corrected chi connectivity index (χ2v) is 7.17. The summed E-state index contributed by atoms with van der Waals surface area (Å²) in [4.78, 5) is 10.4. The van der Waals surface area contributed by atoms with Crippen LogP contribution >= 0.6 is 0 Å². The van der Waals surface area contributed by atoms with Crippen LogP contribution in [0.4, 0.5) is 5.82 Å². The molecule has 0 N–H and O–H groups in total. The fraction of sp³-hybridized carbons (Fsp3) is 0.692. The second-order valence-electron chi connectivity index (χ2n) is 5.13. The molecule has 0 saturated carbocycles. The molecule has 0 aromatic carbocycles. The number of hydrogen-bond donors (Lipinski definition) is 0. The lowest BCUT2D eigenvalue weighted by molar-refractivity contribution is 0.340. The van der Waals surface area contributed by atoms with Gasteiger partial charge in [-0.2, -0.15) is 17.0 Å². The van der Waals surface area contributed by atoms with Crippen LogP contribution in [0, 0.1) is 0 Å². The maximum atomic E-state index is 12.4. The summed E-state index contributed by atoms with van der Waals surface area (Å²) in [5.41, 5.74) is 0. The fourth-order valence-corrected chi connectivity index (χ4v) is 3.67. The maximum absolute atomic E-state index is 12.4. The quantitative estimate of drug-likeness (QED) is 0.768. The predicted octanol–water partition coefficient (Wildman–Crippen LogP) is 0.575. The molecule has 21 heavy (non-hydrogen) atoms. The van der Waals surface area contributed by atoms with E-state index >= 15 is 0 Å². The van der Waals surface area contributed by atoms with Gasteiger partial charge in [0.1, 0.15) is 5.82 Å². The van der Waals surface area contributed by atoms with Gasteiger partial charge in [-0.25, -0.2) is 4.98 Å². The first-order valence-electron chi connectivity index (χ1n) is 7.28. The molecule has 1 aromatic heterocycles. The van der Waals surface area contributed by atoms with E-state index in [0.29, 0.717) is 32.7 Å². The molecule has 1 aromatic rings. The van der Waals surface area contributed by atoms with Crippen molar-refractivity contribution in [1.29, 1.82) is 0 Å². The van der Waals surface area contributed by atoms with Gasteiger partial charge in [-0.15, -0.1) is 0 Å². The Morgan fingerprint density at radius 2 is 1.95 bits per heavy atom. The van der Waals surface area contributed by atoms with Crippen LogP contribution in [0.1, 0.15) is 19.8 Å². The Balaban J connectivity index is 1.94. The van der Waals surface area contributed by atoms with E-state index in [9.17, 15) is 8.42 Å². The van der Waals surface area contributed by atoms with Crippen molar-refractivity contribution in [2.24, 2.45) is 0 Å². The molecule has 2 rings (SSSR count). The molecule has 0 amide bonds. The molecule has 1 aliphatic rings. The van der Waals surface area contributed by atoms with Crippen LogP contribution in [0.25, 0.3) is 0 Å². The van der Waals surface area contributed by atoms with Crippen molar-refractivity contribution in [1.82, 2.24) is 18.6 Å². The first-order chi connectivity index (χ1) is 10.1. The van der Waals surface area contributed by atoms with Crippen molar-refractivity contribution in [3.05, 3.63) is 18.6 Å². The summed E-state index contributed by atoms with van der Waals surface area (Å²) in [7, 11) is -1.68. The number of nitrogens with zero attached hydrogens (tertiary/aromatic N) is 5. The summed E-state index contributed by atoms with van der Waals surface area (Å²) in [6.45, 7) is 4.87. The molecule has 1 aliphatic heterocycles. The van der Waals surface area contributed by atoms with Crippen LogP contribution in [0.2, 0.25) is 0 Å². The summed E-state index contributed by atoms with van der Waals surface area (Å²) in [6.07, 6.45) is 6.86. The summed E-state index contributed by atoms with van der Waals surface area (Å²) < 4.78 is 27.9. The van der Waals surface area contributed by atoms with Crippen LogP contribution in [0.15, 0.2) is 18.6 Å². The molecular weight excluding hydrogens is 290 g/mol. The monoisotopic (exact) mass is 313 g/mol. The van der Waals surface area contributed by atoms with Gasteiger partial charge in [-0.1, -0.05) is 13.3 Å². The molecule has 118 valence electrons. The van der Waals surface area contributed by atoms with Gasteiger partial charge >= 0.3 is 0 Å². The van der Waals surface area contributed by atoms with E-state index in [1.807, 2.05) is 0 Å². The minimum absolute atomic E-state index is 0.482.